The van der Waals surface area contributed by atoms with Gasteiger partial charge in [-0.05, 0) is 32.1 Å². The van der Waals surface area contributed by atoms with Crippen LogP contribution in [0.5, 0.6) is 0 Å². The lowest BCUT2D eigenvalue weighted by molar-refractivity contribution is 0.0574. The van der Waals surface area contributed by atoms with Crippen LogP contribution in [0.25, 0.3) is 0 Å². The summed E-state index contributed by atoms with van der Waals surface area (Å²) in [7, 11) is 1.78. The highest BCUT2D eigenvalue weighted by atomic mass is 127. The number of halogens is 1. The lowest BCUT2D eigenvalue weighted by Crippen LogP contribution is -2.37. The summed E-state index contributed by atoms with van der Waals surface area (Å²) in [6.45, 7) is 6.62. The molecule has 0 saturated heterocycles. The maximum absolute atomic E-state index is 5.87. The molecule has 1 aliphatic rings. The van der Waals surface area contributed by atoms with Crippen molar-refractivity contribution in [1.29, 1.82) is 0 Å². The van der Waals surface area contributed by atoms with Gasteiger partial charge in [0.15, 0.2) is 11.7 Å². The zero-order chi connectivity index (χ0) is 17.9. The third kappa shape index (κ3) is 7.82. The molecule has 1 fully saturated rings. The highest BCUT2D eigenvalue weighted by Gasteiger charge is 2.15. The summed E-state index contributed by atoms with van der Waals surface area (Å²) in [5.74, 6) is 2.10. The van der Waals surface area contributed by atoms with Gasteiger partial charge in [0.2, 0.25) is 0 Å². The van der Waals surface area contributed by atoms with Crippen LogP contribution < -0.4 is 10.6 Å². The normalized spacial score (nSPS) is 15.3. The molecule has 0 unspecified atom stereocenters. The van der Waals surface area contributed by atoms with Gasteiger partial charge in [-0.2, -0.15) is 0 Å². The summed E-state index contributed by atoms with van der Waals surface area (Å²) in [4.78, 5) is 4.24. The Balaban J connectivity index is 0.00000338. The molecule has 2 rings (SSSR count). The van der Waals surface area contributed by atoms with Crippen molar-refractivity contribution < 1.29 is 9.26 Å². The van der Waals surface area contributed by atoms with Crippen LogP contribution in [0.1, 0.15) is 76.2 Å². The van der Waals surface area contributed by atoms with Gasteiger partial charge < -0.3 is 19.9 Å². The molecule has 7 heteroatoms. The first-order chi connectivity index (χ1) is 12.3. The third-order valence-electron chi connectivity index (χ3n) is 4.90. The summed E-state index contributed by atoms with van der Waals surface area (Å²) in [6.07, 6.45) is 8.75. The molecule has 0 radical (unpaired) electrons. The average Bonchev–Trinajstić information content (AvgIpc) is 3.30. The van der Waals surface area contributed by atoms with E-state index in [-0.39, 0.29) is 24.0 Å². The van der Waals surface area contributed by atoms with E-state index < -0.39 is 0 Å². The molecule has 6 nitrogen and oxygen atoms in total. The number of aromatic nitrogens is 1. The van der Waals surface area contributed by atoms with Gasteiger partial charge in [-0.1, -0.05) is 31.8 Å². The first-order valence-corrected chi connectivity index (χ1v) is 9.78. The standard InChI is InChI=1S/C19H34N4O2.HI/c1-4-15(5-2)18-13-17(25-23-18)14-22-19(20-3)21-11-8-12-24-16-9-6-7-10-16;/h13,15-16H,4-12,14H2,1-3H3,(H2,20,21,22);1H. The molecule has 26 heavy (non-hydrogen) atoms. The van der Waals surface area contributed by atoms with Crippen LogP contribution in [-0.2, 0) is 11.3 Å². The Morgan fingerprint density at radius 1 is 1.31 bits per heavy atom. The molecule has 0 atom stereocenters. The number of aliphatic imine (C=N–C) groups is 1. The minimum absolute atomic E-state index is 0. The predicted octanol–water partition coefficient (Wildman–Crippen LogP) is 4.21. The van der Waals surface area contributed by atoms with E-state index >= 15 is 0 Å². The van der Waals surface area contributed by atoms with Crippen molar-refractivity contribution in [2.75, 3.05) is 20.2 Å². The van der Waals surface area contributed by atoms with E-state index in [1.165, 1.54) is 25.7 Å². The lowest BCUT2D eigenvalue weighted by Gasteiger charge is -2.13. The summed E-state index contributed by atoms with van der Waals surface area (Å²) >= 11 is 0. The molecule has 0 aliphatic heterocycles. The van der Waals surface area contributed by atoms with Crippen LogP contribution in [0.3, 0.4) is 0 Å². The van der Waals surface area contributed by atoms with E-state index in [1.807, 2.05) is 6.07 Å². The zero-order valence-electron chi connectivity index (χ0n) is 16.4. The highest BCUT2D eigenvalue weighted by molar-refractivity contribution is 14.0. The Labute approximate surface area is 174 Å². The summed E-state index contributed by atoms with van der Waals surface area (Å²) in [5, 5.41) is 10.8. The number of ether oxygens (including phenoxy) is 1. The van der Waals surface area contributed by atoms with Crippen LogP contribution in [0.2, 0.25) is 0 Å². The molecule has 150 valence electrons. The van der Waals surface area contributed by atoms with Gasteiger partial charge in [0, 0.05) is 32.2 Å². The second-order valence-corrected chi connectivity index (χ2v) is 6.71. The van der Waals surface area contributed by atoms with Gasteiger partial charge in [-0.15, -0.1) is 24.0 Å². The number of nitrogens with zero attached hydrogens (tertiary/aromatic N) is 2. The lowest BCUT2D eigenvalue weighted by atomic mass is 9.99. The molecule has 0 amide bonds. The molecule has 1 aromatic heterocycles. The van der Waals surface area contributed by atoms with E-state index in [1.54, 1.807) is 7.05 Å². The Morgan fingerprint density at radius 3 is 2.69 bits per heavy atom. The minimum Gasteiger partial charge on any atom is -0.378 e. The fourth-order valence-corrected chi connectivity index (χ4v) is 3.29. The van der Waals surface area contributed by atoms with Crippen molar-refractivity contribution in [1.82, 2.24) is 15.8 Å². The number of hydrogen-bond acceptors (Lipinski definition) is 4. The van der Waals surface area contributed by atoms with Crippen LogP contribution in [0.4, 0.5) is 0 Å². The first kappa shape index (κ1) is 23.2. The van der Waals surface area contributed by atoms with Gasteiger partial charge in [0.25, 0.3) is 0 Å². The van der Waals surface area contributed by atoms with E-state index in [2.05, 4.69) is 34.6 Å². The fraction of sp³-hybridized carbons (Fsp3) is 0.789. The SMILES string of the molecule is CCC(CC)c1cc(CNC(=NC)NCCCOC2CCCC2)on1.I. The Morgan fingerprint density at radius 2 is 2.04 bits per heavy atom. The largest absolute Gasteiger partial charge is 0.378 e. The highest BCUT2D eigenvalue weighted by Crippen LogP contribution is 2.22. The smallest absolute Gasteiger partial charge is 0.191 e. The molecular weight excluding hydrogens is 443 g/mol. The molecule has 0 spiro atoms. The third-order valence-corrected chi connectivity index (χ3v) is 4.90. The van der Waals surface area contributed by atoms with Crippen molar-refractivity contribution >= 4 is 29.9 Å². The van der Waals surface area contributed by atoms with Gasteiger partial charge in [0.05, 0.1) is 18.3 Å². The summed E-state index contributed by atoms with van der Waals surface area (Å²) < 4.78 is 11.3. The molecule has 1 aliphatic carbocycles. The van der Waals surface area contributed by atoms with E-state index in [4.69, 9.17) is 9.26 Å². The Bertz CT molecular complexity index is 511. The van der Waals surface area contributed by atoms with E-state index in [0.717, 1.165) is 49.8 Å². The number of hydrogen-bond donors (Lipinski definition) is 2. The monoisotopic (exact) mass is 478 g/mol. The Kier molecular flexibility index (Phi) is 11.9. The number of guanidine groups is 1. The number of rotatable bonds is 10. The molecule has 0 bridgehead atoms. The quantitative estimate of drug-likeness (QED) is 0.228. The maximum atomic E-state index is 5.87. The van der Waals surface area contributed by atoms with Crippen molar-refractivity contribution in [2.45, 2.75) is 77.4 Å². The van der Waals surface area contributed by atoms with E-state index in [0.29, 0.717) is 18.6 Å². The second kappa shape index (κ2) is 13.4. The molecular formula is C19H35IN4O2. The zero-order valence-corrected chi connectivity index (χ0v) is 18.8. The summed E-state index contributed by atoms with van der Waals surface area (Å²) in [5.41, 5.74) is 1.05. The van der Waals surface area contributed by atoms with E-state index in [9.17, 15) is 0 Å². The van der Waals surface area contributed by atoms with Gasteiger partial charge in [0.1, 0.15) is 0 Å². The van der Waals surface area contributed by atoms with Crippen LogP contribution in [0.15, 0.2) is 15.6 Å². The molecule has 1 aromatic rings. The van der Waals surface area contributed by atoms with Gasteiger partial charge in [-0.3, -0.25) is 4.99 Å². The molecule has 0 aromatic carbocycles. The maximum Gasteiger partial charge on any atom is 0.191 e. The summed E-state index contributed by atoms with van der Waals surface area (Å²) in [6, 6.07) is 2.05. The van der Waals surface area contributed by atoms with Crippen molar-refractivity contribution in [3.05, 3.63) is 17.5 Å². The fourth-order valence-electron chi connectivity index (χ4n) is 3.29. The minimum atomic E-state index is 0. The average molecular weight is 478 g/mol. The van der Waals surface area contributed by atoms with Gasteiger partial charge in [-0.25, -0.2) is 0 Å². The van der Waals surface area contributed by atoms with Crippen molar-refractivity contribution in [2.24, 2.45) is 4.99 Å². The topological polar surface area (TPSA) is 71.7 Å². The van der Waals surface area contributed by atoms with Gasteiger partial charge >= 0.3 is 0 Å². The predicted molar refractivity (Wildman–Crippen MR) is 116 cm³/mol. The first-order valence-electron chi connectivity index (χ1n) is 9.78. The molecule has 1 saturated carbocycles. The van der Waals surface area contributed by atoms with Crippen LogP contribution in [0, 0.1) is 0 Å². The van der Waals surface area contributed by atoms with Crippen LogP contribution in [-0.4, -0.2) is 37.4 Å². The molecule has 1 heterocycles. The molecule has 2 N–H and O–H groups in total. The Hall–Kier alpha value is -0.830. The van der Waals surface area contributed by atoms with Crippen molar-refractivity contribution in [3.63, 3.8) is 0 Å². The second-order valence-electron chi connectivity index (χ2n) is 6.71. The van der Waals surface area contributed by atoms with Crippen LogP contribution >= 0.6 is 24.0 Å². The number of nitrogens with one attached hydrogen (secondary N) is 2. The van der Waals surface area contributed by atoms with Crippen molar-refractivity contribution in [3.8, 4) is 0 Å².